The number of fused-ring (bicyclic) bond motifs is 10. The summed E-state index contributed by atoms with van der Waals surface area (Å²) < 4.78 is 7.36. The maximum atomic E-state index is 2.48. The standard InChI is InChI=1S/C54H35N3/c1-3-15-36(16-4-1)37-27-30-40(31-28-37)56-49-25-13-9-21-43(49)45-33-34-51-53(54(45)56)46-22-10-14-26-50(46)57(51)47-23-11-7-19-41(47)38-29-32-44-42-20-8-12-24-48(42)55(52(44)35-38)39-17-5-2-6-18-39/h1-35H. The molecular formula is C54H35N3. The van der Waals surface area contributed by atoms with Crippen LogP contribution >= 0.6 is 0 Å². The van der Waals surface area contributed by atoms with Gasteiger partial charge < -0.3 is 13.7 Å². The monoisotopic (exact) mass is 725 g/mol. The Morgan fingerprint density at radius 1 is 0.263 bits per heavy atom. The van der Waals surface area contributed by atoms with E-state index < -0.39 is 0 Å². The maximum absolute atomic E-state index is 2.48. The maximum Gasteiger partial charge on any atom is 0.0641 e. The molecule has 9 aromatic carbocycles. The Hall–Kier alpha value is -7.62. The summed E-state index contributed by atoms with van der Waals surface area (Å²) >= 11 is 0. The van der Waals surface area contributed by atoms with Gasteiger partial charge in [-0.25, -0.2) is 0 Å². The highest BCUT2D eigenvalue weighted by Gasteiger charge is 2.22. The number of hydrogen-bond donors (Lipinski definition) is 0. The molecule has 266 valence electrons. The van der Waals surface area contributed by atoms with E-state index >= 15 is 0 Å². The van der Waals surface area contributed by atoms with Crippen LogP contribution in [0.25, 0.3) is 105 Å². The Balaban J connectivity index is 1.12. The summed E-state index contributed by atoms with van der Waals surface area (Å²) in [5.74, 6) is 0. The molecule has 0 spiro atoms. The smallest absolute Gasteiger partial charge is 0.0641 e. The zero-order chi connectivity index (χ0) is 37.5. The predicted molar refractivity (Wildman–Crippen MR) is 240 cm³/mol. The highest BCUT2D eigenvalue weighted by molar-refractivity contribution is 6.26. The molecule has 0 aliphatic carbocycles. The summed E-state index contributed by atoms with van der Waals surface area (Å²) in [6, 6.07) is 77.4. The van der Waals surface area contributed by atoms with E-state index in [1.54, 1.807) is 0 Å². The van der Waals surface area contributed by atoms with Crippen molar-refractivity contribution >= 4 is 65.4 Å². The molecule has 3 heterocycles. The second kappa shape index (κ2) is 12.5. The van der Waals surface area contributed by atoms with Crippen molar-refractivity contribution in [2.75, 3.05) is 0 Å². The predicted octanol–water partition coefficient (Wildman–Crippen LogP) is 14.3. The molecule has 0 saturated carbocycles. The molecule has 0 fully saturated rings. The van der Waals surface area contributed by atoms with E-state index in [1.807, 2.05) is 0 Å². The molecule has 12 aromatic rings. The average Bonchev–Trinajstić information content (AvgIpc) is 3.92. The van der Waals surface area contributed by atoms with E-state index in [4.69, 9.17) is 0 Å². The fourth-order valence-corrected chi connectivity index (χ4v) is 9.38. The van der Waals surface area contributed by atoms with Crippen LogP contribution < -0.4 is 0 Å². The van der Waals surface area contributed by atoms with Crippen molar-refractivity contribution in [2.45, 2.75) is 0 Å². The second-order valence-electron chi connectivity index (χ2n) is 14.9. The molecule has 0 saturated heterocycles. The van der Waals surface area contributed by atoms with Gasteiger partial charge in [-0.1, -0.05) is 152 Å². The van der Waals surface area contributed by atoms with Gasteiger partial charge in [0.25, 0.3) is 0 Å². The van der Waals surface area contributed by atoms with Crippen molar-refractivity contribution in [1.29, 1.82) is 0 Å². The molecule has 0 bridgehead atoms. The third-order valence-electron chi connectivity index (χ3n) is 11.8. The lowest BCUT2D eigenvalue weighted by molar-refractivity contribution is 1.17. The molecule has 3 nitrogen and oxygen atoms in total. The molecule has 12 rings (SSSR count). The average molecular weight is 726 g/mol. The molecule has 0 amide bonds. The molecule has 0 atom stereocenters. The summed E-state index contributed by atoms with van der Waals surface area (Å²) in [5, 5.41) is 7.49. The minimum Gasteiger partial charge on any atom is -0.309 e. The van der Waals surface area contributed by atoms with E-state index in [-0.39, 0.29) is 0 Å². The SMILES string of the molecule is c1ccc(-c2ccc(-n3c4ccccc4c4ccc5c(c6ccccc6n5-c5ccccc5-c5ccc6c7ccccc7n(-c7ccccc7)c6c5)c43)cc2)cc1. The minimum absolute atomic E-state index is 1.15. The first-order valence-corrected chi connectivity index (χ1v) is 19.6. The van der Waals surface area contributed by atoms with Gasteiger partial charge in [0, 0.05) is 49.3 Å². The van der Waals surface area contributed by atoms with Crippen LogP contribution in [0.1, 0.15) is 0 Å². The van der Waals surface area contributed by atoms with Gasteiger partial charge in [0.2, 0.25) is 0 Å². The number of rotatable bonds is 5. The van der Waals surface area contributed by atoms with Gasteiger partial charge in [-0.2, -0.15) is 0 Å². The van der Waals surface area contributed by atoms with Crippen LogP contribution in [0.15, 0.2) is 212 Å². The van der Waals surface area contributed by atoms with Gasteiger partial charge in [0.1, 0.15) is 0 Å². The molecule has 0 unspecified atom stereocenters. The number of hydrogen-bond acceptors (Lipinski definition) is 0. The van der Waals surface area contributed by atoms with Gasteiger partial charge in [0.15, 0.2) is 0 Å². The summed E-state index contributed by atoms with van der Waals surface area (Å²) in [5.41, 5.74) is 15.4. The summed E-state index contributed by atoms with van der Waals surface area (Å²) in [6.07, 6.45) is 0. The first-order chi connectivity index (χ1) is 28.3. The topological polar surface area (TPSA) is 14.8 Å². The minimum atomic E-state index is 1.15. The zero-order valence-electron chi connectivity index (χ0n) is 31.0. The molecule has 0 aliphatic heterocycles. The molecular weight excluding hydrogens is 691 g/mol. The van der Waals surface area contributed by atoms with Gasteiger partial charge in [0.05, 0.1) is 38.8 Å². The Morgan fingerprint density at radius 3 is 1.53 bits per heavy atom. The van der Waals surface area contributed by atoms with Crippen molar-refractivity contribution in [3.8, 4) is 39.3 Å². The molecule has 3 heteroatoms. The highest BCUT2D eigenvalue weighted by Crippen LogP contribution is 2.44. The van der Waals surface area contributed by atoms with E-state index in [0.717, 1.165) is 17.1 Å². The van der Waals surface area contributed by atoms with Crippen LogP contribution in [-0.2, 0) is 0 Å². The van der Waals surface area contributed by atoms with Crippen molar-refractivity contribution in [3.63, 3.8) is 0 Å². The number of benzene rings is 9. The molecule has 3 aromatic heterocycles. The van der Waals surface area contributed by atoms with Gasteiger partial charge >= 0.3 is 0 Å². The fourth-order valence-electron chi connectivity index (χ4n) is 9.38. The lowest BCUT2D eigenvalue weighted by Crippen LogP contribution is -1.98. The van der Waals surface area contributed by atoms with E-state index in [0.29, 0.717) is 0 Å². The van der Waals surface area contributed by atoms with Crippen molar-refractivity contribution in [1.82, 2.24) is 13.7 Å². The van der Waals surface area contributed by atoms with Crippen LogP contribution in [0.5, 0.6) is 0 Å². The number of aromatic nitrogens is 3. The molecule has 0 aliphatic rings. The summed E-state index contributed by atoms with van der Waals surface area (Å²) in [6.45, 7) is 0. The van der Waals surface area contributed by atoms with Crippen molar-refractivity contribution < 1.29 is 0 Å². The first-order valence-electron chi connectivity index (χ1n) is 19.6. The largest absolute Gasteiger partial charge is 0.309 e. The van der Waals surface area contributed by atoms with E-state index in [2.05, 4.69) is 226 Å². The first kappa shape index (κ1) is 31.7. The zero-order valence-corrected chi connectivity index (χ0v) is 31.0. The van der Waals surface area contributed by atoms with E-state index in [9.17, 15) is 0 Å². The van der Waals surface area contributed by atoms with Crippen LogP contribution in [-0.4, -0.2) is 13.7 Å². The summed E-state index contributed by atoms with van der Waals surface area (Å²) in [7, 11) is 0. The molecule has 0 N–H and O–H groups in total. The van der Waals surface area contributed by atoms with Gasteiger partial charge in [-0.15, -0.1) is 0 Å². The molecule has 0 radical (unpaired) electrons. The fraction of sp³-hybridized carbons (Fsp3) is 0. The van der Waals surface area contributed by atoms with E-state index in [1.165, 1.54) is 87.7 Å². The highest BCUT2D eigenvalue weighted by atomic mass is 15.0. The normalized spacial score (nSPS) is 11.9. The second-order valence-corrected chi connectivity index (χ2v) is 14.9. The number of para-hydroxylation sites is 5. The number of nitrogens with zero attached hydrogens (tertiary/aromatic N) is 3. The Bertz CT molecular complexity index is 3490. The van der Waals surface area contributed by atoms with Crippen LogP contribution in [0.4, 0.5) is 0 Å². The third kappa shape index (κ3) is 4.73. The lowest BCUT2D eigenvalue weighted by Gasteiger charge is -2.15. The quantitative estimate of drug-likeness (QED) is 0.168. The van der Waals surface area contributed by atoms with Crippen LogP contribution in [0, 0.1) is 0 Å². The Kier molecular flexibility index (Phi) is 6.93. The van der Waals surface area contributed by atoms with Crippen LogP contribution in [0.2, 0.25) is 0 Å². The Labute approximate surface area is 329 Å². The lowest BCUT2D eigenvalue weighted by atomic mass is 10.0. The summed E-state index contributed by atoms with van der Waals surface area (Å²) in [4.78, 5) is 0. The van der Waals surface area contributed by atoms with Gasteiger partial charge in [-0.3, -0.25) is 0 Å². The van der Waals surface area contributed by atoms with Crippen LogP contribution in [0.3, 0.4) is 0 Å². The Morgan fingerprint density at radius 2 is 0.772 bits per heavy atom. The van der Waals surface area contributed by atoms with Gasteiger partial charge in [-0.05, 0) is 77.4 Å². The van der Waals surface area contributed by atoms with Crippen molar-refractivity contribution in [3.05, 3.63) is 212 Å². The third-order valence-corrected chi connectivity index (χ3v) is 11.8. The van der Waals surface area contributed by atoms with Crippen molar-refractivity contribution in [2.24, 2.45) is 0 Å². The molecule has 57 heavy (non-hydrogen) atoms.